The molecule has 0 bridgehead atoms. The van der Waals surface area contributed by atoms with E-state index < -0.39 is 6.43 Å². The number of aromatic nitrogens is 5. The Hall–Kier alpha value is -6.57. The molecule has 1 aliphatic carbocycles. The Balaban J connectivity index is 0.741. The summed E-state index contributed by atoms with van der Waals surface area (Å²) in [6.45, 7) is 8.71. The van der Waals surface area contributed by atoms with Crippen LogP contribution >= 0.6 is 11.6 Å². The zero-order chi connectivity index (χ0) is 48.6. The maximum absolute atomic E-state index is 14.8. The van der Waals surface area contributed by atoms with Gasteiger partial charge in [0, 0.05) is 118 Å². The van der Waals surface area contributed by atoms with Crippen molar-refractivity contribution in [3.8, 4) is 22.9 Å². The summed E-state index contributed by atoms with van der Waals surface area (Å²) in [4.78, 5) is 35.9. The van der Waals surface area contributed by atoms with Gasteiger partial charge in [0.2, 0.25) is 0 Å². The predicted molar refractivity (Wildman–Crippen MR) is 269 cm³/mol. The largest absolute Gasteiger partial charge is 0.490 e. The number of benzene rings is 3. The number of carbonyl (C=O) groups excluding carboxylic acids is 1. The van der Waals surface area contributed by atoms with Gasteiger partial charge in [0.15, 0.2) is 11.5 Å². The van der Waals surface area contributed by atoms with Gasteiger partial charge in [-0.3, -0.25) is 19.2 Å². The topological polar surface area (TPSA) is 141 Å². The van der Waals surface area contributed by atoms with Crippen LogP contribution in [0, 0.1) is 24.2 Å². The molecule has 1 amide bonds. The Morgan fingerprint density at radius 2 is 1.69 bits per heavy atom. The van der Waals surface area contributed by atoms with E-state index in [0.717, 1.165) is 137 Å². The molecule has 14 nitrogen and oxygen atoms in total. The Kier molecular flexibility index (Phi) is 13.5. The number of alkyl halides is 2. The minimum Gasteiger partial charge on any atom is -0.490 e. The number of amides is 1. The summed E-state index contributed by atoms with van der Waals surface area (Å²) in [6, 6.07) is 20.7. The second-order valence-electron chi connectivity index (χ2n) is 19.4. The molecular weight excluding hydrogens is 912 g/mol. The number of nitrogens with one attached hydrogen (secondary N) is 1. The lowest BCUT2D eigenvalue weighted by Crippen LogP contribution is -2.49. The molecule has 3 aromatic heterocycles. The first-order chi connectivity index (χ1) is 33.9. The minimum absolute atomic E-state index is 0.0131. The van der Waals surface area contributed by atoms with Crippen molar-refractivity contribution in [1.82, 2.24) is 34.8 Å². The second-order valence-corrected chi connectivity index (χ2v) is 19.8. The van der Waals surface area contributed by atoms with Crippen LogP contribution in [0.2, 0.25) is 5.02 Å². The number of aryl methyl sites for hydroxylation is 4. The molecule has 70 heavy (non-hydrogen) atoms. The molecule has 0 unspecified atom stereocenters. The number of hydrogen-bond donors (Lipinski definition) is 1. The third-order valence-corrected chi connectivity index (χ3v) is 15.2. The number of anilines is 4. The molecule has 6 heterocycles. The van der Waals surface area contributed by atoms with Gasteiger partial charge in [-0.1, -0.05) is 11.6 Å². The quantitative estimate of drug-likeness (QED) is 0.133. The fraction of sp³-hybridized carbons (Fsp3) is 0.434. The lowest BCUT2D eigenvalue weighted by atomic mass is 9.92. The number of carbonyl (C=O) groups is 1. The van der Waals surface area contributed by atoms with E-state index in [9.17, 15) is 18.4 Å². The standard InChI is InChI=1S/C53H58ClF2N11O3/c1-33-23-44-48(63(3)53(33)69)25-39(26-49(44)67-16-4-5-35-24-42(37-30-58-62(2)32-37)43(51(55)56)28-47(35)67)65-21-19-64(20-22-65)31-34-14-17-66(18-15-34)50-13-12-46(60-61-50)52(68)59-38-7-10-40(11-8-38)70-41-9-6-36(29-57)45(54)27-41/h6,9,12-13,23-28,30,32,34,38,40,51H,4-5,7-8,10-11,14-22,31H2,1-3H3,(H,59,68). The van der Waals surface area contributed by atoms with E-state index in [1.165, 1.54) is 0 Å². The molecule has 1 saturated carbocycles. The highest BCUT2D eigenvalue weighted by atomic mass is 35.5. The molecule has 10 rings (SSSR count). The highest BCUT2D eigenvalue weighted by Crippen LogP contribution is 2.44. The summed E-state index contributed by atoms with van der Waals surface area (Å²) in [7, 11) is 3.61. The fourth-order valence-electron chi connectivity index (χ4n) is 10.9. The molecule has 0 atom stereocenters. The Morgan fingerprint density at radius 1 is 0.900 bits per heavy atom. The number of rotatable bonds is 11. The van der Waals surface area contributed by atoms with Gasteiger partial charge < -0.3 is 29.3 Å². The molecular formula is C53H58ClF2N11O3. The van der Waals surface area contributed by atoms with E-state index in [-0.39, 0.29) is 29.2 Å². The van der Waals surface area contributed by atoms with Crippen molar-refractivity contribution in [1.29, 1.82) is 5.26 Å². The highest BCUT2D eigenvalue weighted by Gasteiger charge is 2.30. The van der Waals surface area contributed by atoms with Crippen molar-refractivity contribution in [2.24, 2.45) is 20.0 Å². The third kappa shape index (κ3) is 9.78. The van der Waals surface area contributed by atoms with Crippen LogP contribution in [-0.4, -0.2) is 99.9 Å². The van der Waals surface area contributed by atoms with Crippen molar-refractivity contribution in [3.05, 3.63) is 116 Å². The van der Waals surface area contributed by atoms with E-state index in [2.05, 4.69) is 58.4 Å². The summed E-state index contributed by atoms with van der Waals surface area (Å²) in [5.41, 5.74) is 7.05. The van der Waals surface area contributed by atoms with Crippen LogP contribution in [-0.2, 0) is 20.5 Å². The SMILES string of the molecule is Cc1cc2c(N3CCCc4cc(-c5cnn(C)c5)c(C(F)F)cc43)cc(N3CCN(CC4CCN(c5ccc(C(=O)NC6CCC(Oc7ccc(C#N)c(Cl)c7)CC6)nn5)CC4)CC3)cc2n(C)c1=O. The first-order valence-electron chi connectivity index (χ1n) is 24.5. The number of pyridine rings is 1. The zero-order valence-electron chi connectivity index (χ0n) is 39.9. The van der Waals surface area contributed by atoms with E-state index in [1.807, 2.05) is 32.2 Å². The summed E-state index contributed by atoms with van der Waals surface area (Å²) in [5, 5.41) is 26.6. The number of nitrogens with zero attached hydrogens (tertiary/aromatic N) is 10. The van der Waals surface area contributed by atoms with Gasteiger partial charge in [-0.2, -0.15) is 10.4 Å². The van der Waals surface area contributed by atoms with E-state index in [4.69, 9.17) is 21.6 Å². The molecule has 2 saturated heterocycles. The first-order valence-corrected chi connectivity index (χ1v) is 24.9. The van der Waals surface area contributed by atoms with Gasteiger partial charge in [0.25, 0.3) is 17.9 Å². The van der Waals surface area contributed by atoms with Crippen molar-refractivity contribution in [3.63, 3.8) is 0 Å². The van der Waals surface area contributed by atoms with Gasteiger partial charge in [-0.25, -0.2) is 8.78 Å². The number of piperidine rings is 1. The van der Waals surface area contributed by atoms with Gasteiger partial charge >= 0.3 is 0 Å². The van der Waals surface area contributed by atoms with Gasteiger partial charge in [-0.05, 0) is 130 Å². The average molecular weight is 971 g/mol. The number of nitriles is 1. The number of piperazine rings is 1. The van der Waals surface area contributed by atoms with Gasteiger partial charge in [0.1, 0.15) is 11.8 Å². The maximum Gasteiger partial charge on any atom is 0.272 e. The van der Waals surface area contributed by atoms with E-state index in [1.54, 1.807) is 59.0 Å². The van der Waals surface area contributed by atoms with Crippen LogP contribution in [0.1, 0.15) is 84.1 Å². The van der Waals surface area contributed by atoms with Crippen molar-refractivity contribution in [2.75, 3.05) is 67.1 Å². The predicted octanol–water partition coefficient (Wildman–Crippen LogP) is 8.74. The zero-order valence-corrected chi connectivity index (χ0v) is 40.6. The Labute approximate surface area is 411 Å². The maximum atomic E-state index is 14.8. The second kappa shape index (κ2) is 20.0. The fourth-order valence-corrected chi connectivity index (χ4v) is 11.1. The molecule has 3 fully saturated rings. The molecule has 17 heteroatoms. The van der Waals surface area contributed by atoms with E-state index in [0.29, 0.717) is 51.2 Å². The minimum atomic E-state index is -2.66. The average Bonchev–Trinajstić information content (AvgIpc) is 3.82. The molecule has 364 valence electrons. The Bertz CT molecular complexity index is 3000. The monoisotopic (exact) mass is 969 g/mol. The van der Waals surface area contributed by atoms with Crippen LogP contribution in [0.3, 0.4) is 0 Å². The summed E-state index contributed by atoms with van der Waals surface area (Å²) in [5.74, 6) is 1.74. The lowest BCUT2D eigenvalue weighted by molar-refractivity contribution is 0.0888. The summed E-state index contributed by atoms with van der Waals surface area (Å²) in [6.07, 6.45) is 7.62. The number of hydrogen-bond acceptors (Lipinski definition) is 11. The van der Waals surface area contributed by atoms with Crippen molar-refractivity contribution in [2.45, 2.75) is 76.9 Å². The van der Waals surface area contributed by atoms with Crippen LogP contribution in [0.5, 0.6) is 5.75 Å². The lowest BCUT2D eigenvalue weighted by Gasteiger charge is -2.40. The van der Waals surface area contributed by atoms with Gasteiger partial charge in [0.05, 0.1) is 34.1 Å². The van der Waals surface area contributed by atoms with Crippen LogP contribution < -0.4 is 30.3 Å². The number of ether oxygens (including phenoxy) is 1. The molecule has 6 aromatic rings. The molecule has 1 N–H and O–H groups in total. The summed E-state index contributed by atoms with van der Waals surface area (Å²) < 4.78 is 39.1. The van der Waals surface area contributed by atoms with Crippen molar-refractivity contribution >= 4 is 51.3 Å². The molecule has 3 aromatic carbocycles. The normalized spacial score (nSPS) is 19.1. The first kappa shape index (κ1) is 47.1. The van der Waals surface area contributed by atoms with Crippen LogP contribution in [0.15, 0.2) is 77.9 Å². The van der Waals surface area contributed by atoms with Crippen molar-refractivity contribution < 1.29 is 18.3 Å². The highest BCUT2D eigenvalue weighted by molar-refractivity contribution is 6.31. The molecule has 0 spiro atoms. The number of halogens is 3. The summed E-state index contributed by atoms with van der Waals surface area (Å²) >= 11 is 6.18. The third-order valence-electron chi connectivity index (χ3n) is 14.8. The molecule has 0 radical (unpaired) electrons. The van der Waals surface area contributed by atoms with E-state index >= 15 is 0 Å². The Morgan fingerprint density at radius 3 is 2.37 bits per heavy atom. The van der Waals surface area contributed by atoms with Gasteiger partial charge in [-0.15, -0.1) is 10.2 Å². The number of fused-ring (bicyclic) bond motifs is 2. The molecule has 4 aliphatic rings. The smallest absolute Gasteiger partial charge is 0.272 e. The molecule has 3 aliphatic heterocycles. The van der Waals surface area contributed by atoms with Crippen LogP contribution in [0.25, 0.3) is 22.0 Å². The van der Waals surface area contributed by atoms with Crippen LogP contribution in [0.4, 0.5) is 31.7 Å².